The molecule has 9 heteroatoms. The van der Waals surface area contributed by atoms with Crippen LogP contribution in [0.1, 0.15) is 44.7 Å². The molecular weight excluding hydrogens is 438 g/mol. The van der Waals surface area contributed by atoms with E-state index < -0.39 is 0 Å². The van der Waals surface area contributed by atoms with Crippen LogP contribution >= 0.6 is 11.8 Å². The summed E-state index contributed by atoms with van der Waals surface area (Å²) in [5.41, 5.74) is 1.21. The fraction of sp³-hybridized carbons (Fsp3) is 0.625. The van der Waals surface area contributed by atoms with Gasteiger partial charge in [-0.15, -0.1) is 0 Å². The molecule has 0 aromatic carbocycles. The molecule has 1 atom stereocenters. The van der Waals surface area contributed by atoms with Crippen molar-refractivity contribution >= 4 is 23.4 Å². The first-order chi connectivity index (χ1) is 16.1. The maximum Gasteiger partial charge on any atom is 0.175 e. The number of pyridine rings is 1. The topological polar surface area (TPSA) is 92.6 Å². The van der Waals surface area contributed by atoms with Crippen LogP contribution in [-0.2, 0) is 11.3 Å². The standard InChI is InChI=1S/C24H31N5O3S/c1-16-10-23(14-31-16)5-8-29(9-6-23)22-17(12-30)28-19(11-26-22)33-18-2-7-25-21-20(18)32-15-24(3-4-24)13-27-21/h2,7,11,16,30H,3-6,8-10,12-15H2,1H3,(H,25,27)/t16-/m0/s1. The summed E-state index contributed by atoms with van der Waals surface area (Å²) < 4.78 is 12.1. The molecule has 1 aliphatic carbocycles. The van der Waals surface area contributed by atoms with Crippen molar-refractivity contribution in [2.75, 3.05) is 43.1 Å². The minimum Gasteiger partial charge on any atom is -0.488 e. The van der Waals surface area contributed by atoms with E-state index in [2.05, 4.69) is 22.1 Å². The Morgan fingerprint density at radius 1 is 1.18 bits per heavy atom. The summed E-state index contributed by atoms with van der Waals surface area (Å²) in [6.07, 6.45) is 9.70. The van der Waals surface area contributed by atoms with Gasteiger partial charge in [0.15, 0.2) is 17.4 Å². The van der Waals surface area contributed by atoms with Crippen molar-refractivity contribution < 1.29 is 14.6 Å². The zero-order chi connectivity index (χ0) is 22.5. The lowest BCUT2D eigenvalue weighted by atomic mass is 9.77. The van der Waals surface area contributed by atoms with Gasteiger partial charge in [-0.1, -0.05) is 11.8 Å². The maximum atomic E-state index is 10.1. The van der Waals surface area contributed by atoms with Crippen molar-refractivity contribution in [1.82, 2.24) is 15.0 Å². The predicted molar refractivity (Wildman–Crippen MR) is 126 cm³/mol. The van der Waals surface area contributed by atoms with Gasteiger partial charge in [-0.3, -0.25) is 0 Å². The molecule has 33 heavy (non-hydrogen) atoms. The molecule has 0 bridgehead atoms. The number of aliphatic hydroxyl groups is 1. The van der Waals surface area contributed by atoms with Gasteiger partial charge in [0.25, 0.3) is 0 Å². The van der Waals surface area contributed by atoms with Gasteiger partial charge in [0.2, 0.25) is 0 Å². The molecule has 5 heterocycles. The van der Waals surface area contributed by atoms with E-state index in [-0.39, 0.29) is 12.0 Å². The third-order valence-electron chi connectivity index (χ3n) is 7.66. The number of aliphatic hydroxyl groups excluding tert-OH is 1. The third kappa shape index (κ3) is 4.15. The van der Waals surface area contributed by atoms with Gasteiger partial charge in [-0.05, 0) is 50.5 Å². The van der Waals surface area contributed by atoms with E-state index in [0.717, 1.165) is 79.4 Å². The largest absolute Gasteiger partial charge is 0.488 e. The van der Waals surface area contributed by atoms with Crippen LogP contribution in [0.3, 0.4) is 0 Å². The van der Waals surface area contributed by atoms with Gasteiger partial charge >= 0.3 is 0 Å². The number of anilines is 2. The molecule has 2 aromatic rings. The summed E-state index contributed by atoms with van der Waals surface area (Å²) in [6.45, 7) is 6.37. The molecule has 6 rings (SSSR count). The van der Waals surface area contributed by atoms with Crippen molar-refractivity contribution in [2.24, 2.45) is 10.8 Å². The monoisotopic (exact) mass is 469 g/mol. The number of hydrogen-bond donors (Lipinski definition) is 2. The Morgan fingerprint density at radius 3 is 2.76 bits per heavy atom. The highest BCUT2D eigenvalue weighted by atomic mass is 32.2. The van der Waals surface area contributed by atoms with Crippen molar-refractivity contribution in [3.63, 3.8) is 0 Å². The Morgan fingerprint density at radius 2 is 2.03 bits per heavy atom. The molecule has 3 fully saturated rings. The van der Waals surface area contributed by atoms with E-state index in [1.807, 2.05) is 12.3 Å². The van der Waals surface area contributed by atoms with Gasteiger partial charge in [-0.2, -0.15) is 0 Å². The highest BCUT2D eigenvalue weighted by Crippen LogP contribution is 2.50. The first-order valence-corrected chi connectivity index (χ1v) is 12.8. The number of ether oxygens (including phenoxy) is 2. The number of piperidine rings is 1. The summed E-state index contributed by atoms with van der Waals surface area (Å²) in [5.74, 6) is 2.38. The first kappa shape index (κ1) is 21.4. The lowest BCUT2D eigenvalue weighted by molar-refractivity contribution is 0.0975. The summed E-state index contributed by atoms with van der Waals surface area (Å²) in [6, 6.07) is 1.96. The molecule has 2 spiro atoms. The molecule has 4 aliphatic rings. The average molecular weight is 470 g/mol. The zero-order valence-corrected chi connectivity index (χ0v) is 19.9. The van der Waals surface area contributed by atoms with Crippen LogP contribution in [0, 0.1) is 10.8 Å². The second kappa shape index (κ2) is 8.29. The minimum atomic E-state index is -0.131. The van der Waals surface area contributed by atoms with Crippen LogP contribution < -0.4 is 15.0 Å². The average Bonchev–Trinajstić information content (AvgIpc) is 3.56. The fourth-order valence-corrected chi connectivity index (χ4v) is 6.21. The van der Waals surface area contributed by atoms with E-state index in [1.165, 1.54) is 24.6 Å². The predicted octanol–water partition coefficient (Wildman–Crippen LogP) is 3.50. The third-order valence-corrected chi connectivity index (χ3v) is 8.61. The molecule has 2 saturated heterocycles. The van der Waals surface area contributed by atoms with Gasteiger partial charge in [0.1, 0.15) is 10.7 Å². The molecule has 176 valence electrons. The number of nitrogens with zero attached hydrogens (tertiary/aromatic N) is 4. The quantitative estimate of drug-likeness (QED) is 0.698. The van der Waals surface area contributed by atoms with Crippen molar-refractivity contribution in [3.8, 4) is 5.75 Å². The van der Waals surface area contributed by atoms with Crippen molar-refractivity contribution in [2.45, 2.75) is 61.7 Å². The number of rotatable bonds is 4. The maximum absolute atomic E-state index is 10.1. The molecule has 0 amide bonds. The van der Waals surface area contributed by atoms with Gasteiger partial charge in [0, 0.05) is 31.2 Å². The van der Waals surface area contributed by atoms with E-state index in [4.69, 9.17) is 19.4 Å². The summed E-state index contributed by atoms with van der Waals surface area (Å²) >= 11 is 1.51. The van der Waals surface area contributed by atoms with E-state index in [0.29, 0.717) is 17.2 Å². The Balaban J connectivity index is 1.18. The molecular formula is C24H31N5O3S. The van der Waals surface area contributed by atoms with E-state index >= 15 is 0 Å². The van der Waals surface area contributed by atoms with Gasteiger partial charge in [-0.25, -0.2) is 15.0 Å². The lowest BCUT2D eigenvalue weighted by Crippen LogP contribution is -2.41. The number of nitrogens with one attached hydrogen (secondary N) is 1. The Bertz CT molecular complexity index is 1040. The first-order valence-electron chi connectivity index (χ1n) is 11.9. The SMILES string of the molecule is C[C@H]1CC2(CCN(c3ncc(Sc4ccnc5c4OCC4(CC4)CN5)nc3CO)CC2)CO1. The van der Waals surface area contributed by atoms with Crippen LogP contribution in [0.5, 0.6) is 5.75 Å². The molecule has 1 saturated carbocycles. The highest BCUT2D eigenvalue weighted by molar-refractivity contribution is 7.99. The van der Waals surface area contributed by atoms with Gasteiger partial charge < -0.3 is 24.8 Å². The number of aromatic nitrogens is 3. The normalized spacial score (nSPS) is 24.8. The molecule has 3 aliphatic heterocycles. The second-order valence-corrected chi connectivity index (χ2v) is 11.2. The van der Waals surface area contributed by atoms with E-state index in [9.17, 15) is 5.11 Å². The van der Waals surface area contributed by atoms with Crippen LogP contribution in [0.15, 0.2) is 28.4 Å². The Kier molecular flexibility index (Phi) is 5.38. The summed E-state index contributed by atoms with van der Waals surface area (Å²) in [4.78, 5) is 17.2. The fourth-order valence-electron chi connectivity index (χ4n) is 5.34. The Hall–Kier alpha value is -2.10. The van der Waals surface area contributed by atoms with Crippen molar-refractivity contribution in [1.29, 1.82) is 0 Å². The second-order valence-electron chi connectivity index (χ2n) is 10.2. The number of fused-ring (bicyclic) bond motifs is 1. The Labute approximate surface area is 198 Å². The molecule has 2 aromatic heterocycles. The number of hydrogen-bond acceptors (Lipinski definition) is 9. The smallest absolute Gasteiger partial charge is 0.175 e. The summed E-state index contributed by atoms with van der Waals surface area (Å²) in [7, 11) is 0. The van der Waals surface area contributed by atoms with Crippen LogP contribution in [0.25, 0.3) is 0 Å². The molecule has 2 N–H and O–H groups in total. The van der Waals surface area contributed by atoms with E-state index in [1.54, 1.807) is 6.20 Å². The lowest BCUT2D eigenvalue weighted by Gasteiger charge is -2.39. The zero-order valence-electron chi connectivity index (χ0n) is 19.0. The molecule has 0 radical (unpaired) electrons. The summed E-state index contributed by atoms with van der Waals surface area (Å²) in [5, 5.41) is 14.3. The van der Waals surface area contributed by atoms with Crippen LogP contribution in [0.2, 0.25) is 0 Å². The van der Waals surface area contributed by atoms with Crippen LogP contribution in [-0.4, -0.2) is 59.0 Å². The highest BCUT2D eigenvalue weighted by Gasteiger charge is 2.45. The molecule has 0 unspecified atom stereocenters. The van der Waals surface area contributed by atoms with Crippen LogP contribution in [0.4, 0.5) is 11.6 Å². The van der Waals surface area contributed by atoms with Gasteiger partial charge in [0.05, 0.1) is 37.0 Å². The van der Waals surface area contributed by atoms with Crippen molar-refractivity contribution in [3.05, 3.63) is 24.2 Å². The minimum absolute atomic E-state index is 0.131. The molecule has 8 nitrogen and oxygen atoms in total.